The lowest BCUT2D eigenvalue weighted by Gasteiger charge is -2.30. The highest BCUT2D eigenvalue weighted by atomic mass is 16.5. The highest BCUT2D eigenvalue weighted by Crippen LogP contribution is 2.53. The summed E-state index contributed by atoms with van der Waals surface area (Å²) >= 11 is 0. The molecule has 0 spiro atoms. The van der Waals surface area contributed by atoms with Gasteiger partial charge < -0.3 is 14.5 Å². The molecule has 0 aromatic heterocycles. The van der Waals surface area contributed by atoms with E-state index in [0.29, 0.717) is 0 Å². The average molecular weight is 909 g/mol. The van der Waals surface area contributed by atoms with Crippen LogP contribution in [0.5, 0.6) is 11.5 Å². The topological polar surface area (TPSA) is 15.7 Å². The molecule has 1 heterocycles. The summed E-state index contributed by atoms with van der Waals surface area (Å²) in [6.45, 7) is 4.38. The number of hydrogen-bond donors (Lipinski definition) is 0. The SMILES string of the molecule is Cc1ccc2c(-c3ccc(N(c4ccccc4)c4ccccc4-c4ccccc4)cc3)cc3c4cc(C)cc5c4c(cc3c2c1)-c1ccc(N(c2ccccc2)c2ccccc2-c2ccccc2)cc1O5. The summed E-state index contributed by atoms with van der Waals surface area (Å²) in [4.78, 5) is 4.72. The van der Waals surface area contributed by atoms with E-state index in [1.165, 1.54) is 60.3 Å². The Kier molecular flexibility index (Phi) is 10.3. The Labute approximate surface area is 414 Å². The molecule has 3 nitrogen and oxygen atoms in total. The van der Waals surface area contributed by atoms with Crippen molar-refractivity contribution in [1.82, 2.24) is 0 Å². The molecule has 0 aliphatic carbocycles. The van der Waals surface area contributed by atoms with Crippen molar-refractivity contribution in [2.75, 3.05) is 9.80 Å². The molecule has 13 rings (SSSR count). The number of benzene rings is 12. The fourth-order valence-electron chi connectivity index (χ4n) is 10.9. The van der Waals surface area contributed by atoms with Crippen LogP contribution in [0.15, 0.2) is 255 Å². The van der Waals surface area contributed by atoms with E-state index in [0.717, 1.165) is 73.3 Å². The van der Waals surface area contributed by atoms with Gasteiger partial charge in [-0.15, -0.1) is 0 Å². The fourth-order valence-corrected chi connectivity index (χ4v) is 10.9. The first-order chi connectivity index (χ1) is 35.0. The molecule has 12 aromatic rings. The van der Waals surface area contributed by atoms with Crippen molar-refractivity contribution >= 4 is 66.4 Å². The predicted molar refractivity (Wildman–Crippen MR) is 300 cm³/mol. The summed E-state index contributed by atoms with van der Waals surface area (Å²) < 4.78 is 7.09. The summed E-state index contributed by atoms with van der Waals surface area (Å²) in [7, 11) is 0. The Morgan fingerprint density at radius 3 is 1.35 bits per heavy atom. The maximum absolute atomic E-state index is 7.09. The van der Waals surface area contributed by atoms with Crippen molar-refractivity contribution in [2.24, 2.45) is 0 Å². The van der Waals surface area contributed by atoms with E-state index in [-0.39, 0.29) is 0 Å². The van der Waals surface area contributed by atoms with Crippen LogP contribution >= 0.6 is 0 Å². The standard InChI is InChI=1S/C68H48N2O/c1-45-31-37-56-58(49-32-34-52(35-33-49)69(50-23-11-5-12-24-50)64-29-17-15-27-54(64)47-19-7-3-8-20-47)43-61-60(59(56)39-45)44-63-57-38-36-53(42-66(57)71-67-41-46(2)40-62(61)68(63)67)70(51-25-13-6-14-26-51)65-30-18-16-28-55(65)48-21-9-4-10-22-48/h3-44H,1-2H3. The molecular formula is C68H48N2O. The second kappa shape index (κ2) is 17.4. The van der Waals surface area contributed by atoms with Crippen molar-refractivity contribution in [2.45, 2.75) is 13.8 Å². The van der Waals surface area contributed by atoms with Gasteiger partial charge in [0.15, 0.2) is 0 Å². The molecule has 336 valence electrons. The van der Waals surface area contributed by atoms with Gasteiger partial charge in [-0.1, -0.05) is 175 Å². The molecule has 1 aliphatic rings. The van der Waals surface area contributed by atoms with Gasteiger partial charge in [-0.2, -0.15) is 0 Å². The minimum Gasteiger partial charge on any atom is -0.456 e. The van der Waals surface area contributed by atoms with E-state index in [1.54, 1.807) is 0 Å². The molecule has 0 amide bonds. The van der Waals surface area contributed by atoms with Crippen molar-refractivity contribution in [3.8, 4) is 56.0 Å². The lowest BCUT2D eigenvalue weighted by atomic mass is 9.85. The van der Waals surface area contributed by atoms with Gasteiger partial charge in [-0.25, -0.2) is 0 Å². The van der Waals surface area contributed by atoms with Gasteiger partial charge in [0.1, 0.15) is 11.5 Å². The van der Waals surface area contributed by atoms with Crippen LogP contribution in [0, 0.1) is 13.8 Å². The molecule has 0 saturated carbocycles. The number of hydrogen-bond acceptors (Lipinski definition) is 3. The van der Waals surface area contributed by atoms with Crippen LogP contribution in [0.1, 0.15) is 11.1 Å². The van der Waals surface area contributed by atoms with Gasteiger partial charge in [-0.05, 0) is 153 Å². The number of ether oxygens (including phenoxy) is 1. The molecule has 0 bridgehead atoms. The zero-order chi connectivity index (χ0) is 47.4. The lowest BCUT2D eigenvalue weighted by molar-refractivity contribution is 0.487. The normalized spacial score (nSPS) is 11.6. The van der Waals surface area contributed by atoms with E-state index in [9.17, 15) is 0 Å². The van der Waals surface area contributed by atoms with Crippen LogP contribution in [0.3, 0.4) is 0 Å². The summed E-state index contributed by atoms with van der Waals surface area (Å²) in [5, 5.41) is 7.24. The van der Waals surface area contributed by atoms with Crippen LogP contribution in [0.25, 0.3) is 76.8 Å². The largest absolute Gasteiger partial charge is 0.456 e. The van der Waals surface area contributed by atoms with Crippen LogP contribution in [0.4, 0.5) is 34.1 Å². The van der Waals surface area contributed by atoms with Gasteiger partial charge in [-0.3, -0.25) is 0 Å². The number of rotatable bonds is 9. The number of fused-ring (bicyclic) bond motifs is 6. The Balaban J connectivity index is 0.958. The van der Waals surface area contributed by atoms with E-state index < -0.39 is 0 Å². The Hall–Kier alpha value is -9.18. The summed E-state index contributed by atoms with van der Waals surface area (Å²) in [6, 6.07) is 92.1. The van der Waals surface area contributed by atoms with Gasteiger partial charge in [0.05, 0.1) is 11.4 Å². The van der Waals surface area contributed by atoms with Crippen molar-refractivity contribution < 1.29 is 4.74 Å². The Morgan fingerprint density at radius 1 is 0.268 bits per heavy atom. The Morgan fingerprint density at radius 2 is 0.732 bits per heavy atom. The van der Waals surface area contributed by atoms with Crippen LogP contribution < -0.4 is 14.5 Å². The number of anilines is 6. The molecule has 0 radical (unpaired) electrons. The number of aryl methyl sites for hydroxylation is 2. The molecule has 0 N–H and O–H groups in total. The summed E-state index contributed by atoms with van der Waals surface area (Å²) in [6.07, 6.45) is 0. The molecule has 3 heteroatoms. The monoisotopic (exact) mass is 908 g/mol. The van der Waals surface area contributed by atoms with Crippen molar-refractivity contribution in [1.29, 1.82) is 0 Å². The first-order valence-electron chi connectivity index (χ1n) is 24.4. The van der Waals surface area contributed by atoms with E-state index >= 15 is 0 Å². The molecule has 0 saturated heterocycles. The third kappa shape index (κ3) is 7.38. The first-order valence-corrected chi connectivity index (χ1v) is 24.4. The van der Waals surface area contributed by atoms with Crippen molar-refractivity contribution in [3.63, 3.8) is 0 Å². The number of para-hydroxylation sites is 4. The van der Waals surface area contributed by atoms with Gasteiger partial charge >= 0.3 is 0 Å². The predicted octanol–water partition coefficient (Wildman–Crippen LogP) is 19.5. The molecule has 0 atom stereocenters. The van der Waals surface area contributed by atoms with E-state index in [4.69, 9.17) is 4.74 Å². The molecule has 1 aliphatic heterocycles. The zero-order valence-corrected chi connectivity index (χ0v) is 39.6. The quantitative estimate of drug-likeness (QED) is 0.134. The lowest BCUT2D eigenvalue weighted by Crippen LogP contribution is -2.11. The highest BCUT2D eigenvalue weighted by molar-refractivity contribution is 6.25. The van der Waals surface area contributed by atoms with Crippen LogP contribution in [-0.2, 0) is 0 Å². The van der Waals surface area contributed by atoms with Crippen molar-refractivity contribution in [3.05, 3.63) is 266 Å². The van der Waals surface area contributed by atoms with Crippen LogP contribution in [-0.4, -0.2) is 0 Å². The fraction of sp³-hybridized carbons (Fsp3) is 0.0294. The van der Waals surface area contributed by atoms with E-state index in [1.807, 2.05) is 0 Å². The molecule has 71 heavy (non-hydrogen) atoms. The first kappa shape index (κ1) is 42.0. The highest BCUT2D eigenvalue weighted by Gasteiger charge is 2.26. The smallest absolute Gasteiger partial charge is 0.137 e. The second-order valence-corrected chi connectivity index (χ2v) is 18.6. The maximum Gasteiger partial charge on any atom is 0.137 e. The minimum atomic E-state index is 0.840. The molecule has 0 unspecified atom stereocenters. The third-order valence-electron chi connectivity index (χ3n) is 14.1. The molecular weight excluding hydrogens is 861 g/mol. The van der Waals surface area contributed by atoms with Gasteiger partial charge in [0, 0.05) is 50.9 Å². The molecule has 12 aromatic carbocycles. The number of nitrogens with zero attached hydrogens (tertiary/aromatic N) is 2. The molecule has 0 fully saturated rings. The zero-order valence-electron chi connectivity index (χ0n) is 39.6. The summed E-state index contributed by atoms with van der Waals surface area (Å²) in [5.74, 6) is 1.72. The van der Waals surface area contributed by atoms with Gasteiger partial charge in [0.2, 0.25) is 0 Å². The minimum absolute atomic E-state index is 0.840. The maximum atomic E-state index is 7.09. The Bertz CT molecular complexity index is 3960. The van der Waals surface area contributed by atoms with E-state index in [2.05, 4.69) is 278 Å². The third-order valence-corrected chi connectivity index (χ3v) is 14.1. The second-order valence-electron chi connectivity index (χ2n) is 18.6. The van der Waals surface area contributed by atoms with Crippen LogP contribution in [0.2, 0.25) is 0 Å². The summed E-state index contributed by atoms with van der Waals surface area (Å²) in [5.41, 5.74) is 18.2. The van der Waals surface area contributed by atoms with Gasteiger partial charge in [0.25, 0.3) is 0 Å². The average Bonchev–Trinajstić information content (AvgIpc) is 3.42.